The number of aliphatic hydroxyl groups excluding tert-OH is 1. The Morgan fingerprint density at radius 1 is 1.17 bits per heavy atom. The number of aromatic nitrogens is 2. The Bertz CT molecular complexity index is 1040. The molecule has 2 heterocycles. The van der Waals surface area contributed by atoms with Gasteiger partial charge in [-0.1, -0.05) is 0 Å². The molecule has 1 aromatic rings. The average molecular weight is 498 g/mol. The van der Waals surface area contributed by atoms with Gasteiger partial charge in [-0.2, -0.15) is 8.62 Å². The van der Waals surface area contributed by atoms with Crippen molar-refractivity contribution in [3.05, 3.63) is 33.1 Å². The summed E-state index contributed by atoms with van der Waals surface area (Å²) >= 11 is 0. The highest BCUT2D eigenvalue weighted by molar-refractivity contribution is 7.66. The molecule has 30 heavy (non-hydrogen) atoms. The first-order chi connectivity index (χ1) is 13.4. The van der Waals surface area contributed by atoms with Gasteiger partial charge in [0.15, 0.2) is 6.23 Å². The third-order valence-corrected chi connectivity index (χ3v) is 7.48. The molecule has 1 fully saturated rings. The van der Waals surface area contributed by atoms with Crippen LogP contribution in [0.4, 0.5) is 0 Å². The molecule has 0 radical (unpaired) electrons. The van der Waals surface area contributed by atoms with E-state index in [9.17, 15) is 38.4 Å². The molecule has 17 nitrogen and oxygen atoms in total. The highest BCUT2D eigenvalue weighted by atomic mass is 31.3. The van der Waals surface area contributed by atoms with Crippen LogP contribution in [0, 0.1) is 0 Å². The maximum atomic E-state index is 11.9. The zero-order valence-electron chi connectivity index (χ0n) is 14.7. The topological polar surface area (TPSA) is 264 Å². The van der Waals surface area contributed by atoms with Crippen molar-refractivity contribution in [3.63, 3.8) is 0 Å². The quantitative estimate of drug-likeness (QED) is 0.189. The molecular formula is C10H17N2O15P3. The first kappa shape index (κ1) is 25.2. The summed E-state index contributed by atoms with van der Waals surface area (Å²) in [6.07, 6.45) is -4.08. The molecule has 1 aliphatic heterocycles. The molecule has 1 saturated heterocycles. The van der Waals surface area contributed by atoms with Gasteiger partial charge in [-0.05, 0) is 6.92 Å². The molecule has 0 spiro atoms. The second-order valence-electron chi connectivity index (χ2n) is 6.10. The lowest BCUT2D eigenvalue weighted by Crippen LogP contribution is -2.46. The number of hydrogen-bond acceptors (Lipinski definition) is 11. The van der Waals surface area contributed by atoms with E-state index in [0.717, 1.165) is 23.8 Å². The molecule has 172 valence electrons. The summed E-state index contributed by atoms with van der Waals surface area (Å²) < 4.78 is 50.9. The lowest BCUT2D eigenvalue weighted by atomic mass is 9.96. The largest absolute Gasteiger partial charge is 0.490 e. The summed E-state index contributed by atoms with van der Waals surface area (Å²) in [6, 6.07) is 0.923. The Labute approximate surface area is 165 Å². The van der Waals surface area contributed by atoms with Crippen LogP contribution < -0.4 is 11.2 Å². The van der Waals surface area contributed by atoms with E-state index in [1.807, 2.05) is 4.98 Å². The molecule has 0 saturated carbocycles. The summed E-state index contributed by atoms with van der Waals surface area (Å²) in [5, 5.41) is 20.6. The fourth-order valence-electron chi connectivity index (χ4n) is 2.46. The lowest BCUT2D eigenvalue weighted by molar-refractivity contribution is -0.0986. The SMILES string of the molecule is CC1(O)C(O)[C@@H](COP(=O)(O)OP(=O)(O)OP(=O)(O)O)O[C@H]1n1ccc(=O)[nH]c1=O. The predicted octanol–water partition coefficient (Wildman–Crippen LogP) is -2.11. The molecule has 0 aromatic carbocycles. The first-order valence-corrected chi connectivity index (χ1v) is 12.1. The van der Waals surface area contributed by atoms with Crippen molar-refractivity contribution in [3.8, 4) is 0 Å². The Hall–Kier alpha value is -1.03. The molecule has 0 aliphatic carbocycles. The fraction of sp³-hybridized carbons (Fsp3) is 0.600. The molecular weight excluding hydrogens is 481 g/mol. The van der Waals surface area contributed by atoms with Crippen molar-refractivity contribution < 1.29 is 61.4 Å². The standard InChI is InChI=1S/C10H17N2O15P3/c1-10(16)7(14)5(25-8(10)12-3-2-6(13)11-9(12)15)4-24-29(20,21)27-30(22,23)26-28(17,18)19/h2-3,5,7-8,14,16H,4H2,1H3,(H,20,21)(H,22,23)(H,11,13,15)(H2,17,18,19)/t5-,7?,8-,10?/m1/s1. The van der Waals surface area contributed by atoms with Gasteiger partial charge in [-0.15, -0.1) is 0 Å². The molecule has 1 aliphatic rings. The van der Waals surface area contributed by atoms with Crippen molar-refractivity contribution in [1.82, 2.24) is 9.55 Å². The zero-order valence-corrected chi connectivity index (χ0v) is 17.4. The minimum Gasteiger partial charge on any atom is -0.387 e. The van der Waals surface area contributed by atoms with E-state index in [1.165, 1.54) is 0 Å². The first-order valence-electron chi connectivity index (χ1n) is 7.59. The van der Waals surface area contributed by atoms with Crippen LogP contribution in [0.1, 0.15) is 13.2 Å². The maximum Gasteiger partial charge on any atom is 0.490 e. The molecule has 20 heteroatoms. The van der Waals surface area contributed by atoms with Gasteiger partial charge in [0.1, 0.15) is 17.8 Å². The zero-order chi connectivity index (χ0) is 23.1. The summed E-state index contributed by atoms with van der Waals surface area (Å²) in [6.45, 7) is -0.0136. The van der Waals surface area contributed by atoms with Gasteiger partial charge in [0.25, 0.3) is 5.56 Å². The number of nitrogens with one attached hydrogen (secondary N) is 1. The van der Waals surface area contributed by atoms with E-state index in [0.29, 0.717) is 0 Å². The molecule has 0 bridgehead atoms. The van der Waals surface area contributed by atoms with Crippen LogP contribution in [0.2, 0.25) is 0 Å². The van der Waals surface area contributed by atoms with Gasteiger partial charge in [-0.25, -0.2) is 18.5 Å². The van der Waals surface area contributed by atoms with Crippen LogP contribution >= 0.6 is 23.5 Å². The number of hydrogen-bond donors (Lipinski definition) is 7. The summed E-state index contributed by atoms with van der Waals surface area (Å²) in [7, 11) is -16.8. The van der Waals surface area contributed by atoms with E-state index in [2.05, 4.69) is 13.1 Å². The molecule has 4 unspecified atom stereocenters. The lowest BCUT2D eigenvalue weighted by Gasteiger charge is -2.27. The number of ether oxygens (including phenoxy) is 1. The van der Waals surface area contributed by atoms with Crippen LogP contribution in [-0.2, 0) is 31.6 Å². The Morgan fingerprint density at radius 3 is 2.30 bits per heavy atom. The van der Waals surface area contributed by atoms with E-state index in [-0.39, 0.29) is 0 Å². The smallest absolute Gasteiger partial charge is 0.387 e. The fourth-order valence-corrected chi connectivity index (χ4v) is 5.49. The average Bonchev–Trinajstić information content (AvgIpc) is 2.73. The highest BCUT2D eigenvalue weighted by Gasteiger charge is 2.54. The Balaban J connectivity index is 2.13. The Kier molecular flexibility index (Phi) is 7.14. The van der Waals surface area contributed by atoms with Gasteiger partial charge in [0.2, 0.25) is 0 Å². The van der Waals surface area contributed by atoms with Gasteiger partial charge in [0, 0.05) is 12.3 Å². The third kappa shape index (κ3) is 6.24. The van der Waals surface area contributed by atoms with Crippen LogP contribution in [0.15, 0.2) is 21.9 Å². The van der Waals surface area contributed by atoms with E-state index in [4.69, 9.17) is 19.4 Å². The number of phosphoric ester groups is 1. The highest BCUT2D eigenvalue weighted by Crippen LogP contribution is 2.66. The van der Waals surface area contributed by atoms with Gasteiger partial charge in [-0.3, -0.25) is 18.9 Å². The van der Waals surface area contributed by atoms with Crippen LogP contribution in [0.5, 0.6) is 0 Å². The number of aliphatic hydroxyl groups is 2. The molecule has 0 amide bonds. The van der Waals surface area contributed by atoms with Crippen LogP contribution in [-0.4, -0.2) is 63.8 Å². The van der Waals surface area contributed by atoms with Gasteiger partial charge < -0.3 is 34.5 Å². The van der Waals surface area contributed by atoms with E-state index in [1.54, 1.807) is 0 Å². The second kappa shape index (κ2) is 8.48. The number of nitrogens with zero attached hydrogens (tertiary/aromatic N) is 1. The van der Waals surface area contributed by atoms with Crippen LogP contribution in [0.3, 0.4) is 0 Å². The maximum absolute atomic E-state index is 11.9. The summed E-state index contributed by atoms with van der Waals surface area (Å²) in [5.74, 6) is 0. The molecule has 7 N–H and O–H groups in total. The molecule has 1 aromatic heterocycles. The number of rotatable bonds is 8. The van der Waals surface area contributed by atoms with Crippen molar-refractivity contribution in [1.29, 1.82) is 0 Å². The number of aromatic amines is 1. The number of phosphoric acid groups is 3. The second-order valence-corrected chi connectivity index (χ2v) is 10.5. The van der Waals surface area contributed by atoms with Crippen molar-refractivity contribution >= 4 is 23.5 Å². The van der Waals surface area contributed by atoms with Crippen molar-refractivity contribution in [2.24, 2.45) is 0 Å². The monoisotopic (exact) mass is 498 g/mol. The summed E-state index contributed by atoms with van der Waals surface area (Å²) in [4.78, 5) is 60.3. The molecule has 2 rings (SSSR count). The van der Waals surface area contributed by atoms with E-state index >= 15 is 0 Å². The summed E-state index contributed by atoms with van der Waals surface area (Å²) in [5.41, 5.74) is -3.93. The van der Waals surface area contributed by atoms with Gasteiger partial charge >= 0.3 is 29.2 Å². The molecule has 6 atom stereocenters. The minimum atomic E-state index is -5.74. The van der Waals surface area contributed by atoms with E-state index < -0.39 is 65.4 Å². The van der Waals surface area contributed by atoms with Gasteiger partial charge in [0.05, 0.1) is 6.61 Å². The van der Waals surface area contributed by atoms with Crippen LogP contribution in [0.25, 0.3) is 0 Å². The number of H-pyrrole nitrogens is 1. The van der Waals surface area contributed by atoms with Crippen molar-refractivity contribution in [2.45, 2.75) is 31.0 Å². The minimum absolute atomic E-state index is 0.718. The van der Waals surface area contributed by atoms with Crippen molar-refractivity contribution in [2.75, 3.05) is 6.61 Å². The Morgan fingerprint density at radius 2 is 1.77 bits per heavy atom. The third-order valence-electron chi connectivity index (χ3n) is 3.68. The predicted molar refractivity (Wildman–Crippen MR) is 91.7 cm³/mol. The normalized spacial score (nSPS) is 31.2.